The molecule has 17 heavy (non-hydrogen) atoms. The number of rotatable bonds is 4. The molecule has 1 aliphatic heterocycles. The molecule has 1 N–H and O–H groups in total. The van der Waals surface area contributed by atoms with Crippen LogP contribution in [0, 0.1) is 0 Å². The van der Waals surface area contributed by atoms with Crippen molar-refractivity contribution in [2.24, 2.45) is 0 Å². The number of hydrogen-bond donors (Lipinski definition) is 1. The second-order valence-electron chi connectivity index (χ2n) is 4.69. The highest BCUT2D eigenvalue weighted by Crippen LogP contribution is 2.22. The molecule has 0 amide bonds. The van der Waals surface area contributed by atoms with E-state index in [0.717, 1.165) is 24.5 Å². The fourth-order valence-corrected chi connectivity index (χ4v) is 2.54. The third kappa shape index (κ3) is 3.58. The van der Waals surface area contributed by atoms with Crippen molar-refractivity contribution < 1.29 is 0 Å². The third-order valence-electron chi connectivity index (χ3n) is 3.32. The number of nitrogens with one attached hydrogen (secondary N) is 1. The van der Waals surface area contributed by atoms with Crippen molar-refractivity contribution in [1.82, 2.24) is 5.32 Å². The molecule has 2 heteroatoms. The Morgan fingerprint density at radius 1 is 1.18 bits per heavy atom. The summed E-state index contributed by atoms with van der Waals surface area (Å²) in [5.41, 5.74) is 4.63. The molecule has 0 spiro atoms. The molecule has 92 valence electrons. The molecule has 1 aliphatic rings. The predicted molar refractivity (Wildman–Crippen MR) is 74.6 cm³/mol. The summed E-state index contributed by atoms with van der Waals surface area (Å²) in [6.45, 7) is 4.45. The molecule has 1 heterocycles. The molecule has 1 aromatic rings. The third-order valence-corrected chi connectivity index (χ3v) is 3.58. The Morgan fingerprint density at radius 2 is 1.94 bits per heavy atom. The van der Waals surface area contributed by atoms with Gasteiger partial charge in [0.05, 0.1) is 0 Å². The van der Waals surface area contributed by atoms with Gasteiger partial charge in [-0.3, -0.25) is 0 Å². The van der Waals surface area contributed by atoms with Crippen LogP contribution in [0.3, 0.4) is 0 Å². The molecule has 0 saturated carbocycles. The van der Waals surface area contributed by atoms with Gasteiger partial charge in [0.25, 0.3) is 0 Å². The number of hydrogen-bond acceptors (Lipinski definition) is 1. The van der Waals surface area contributed by atoms with E-state index in [9.17, 15) is 0 Å². The Balaban J connectivity index is 2.11. The Hall–Kier alpha value is -0.790. The molecule has 0 aliphatic carbocycles. The van der Waals surface area contributed by atoms with Gasteiger partial charge in [0, 0.05) is 11.6 Å². The number of halogens is 1. The monoisotopic (exact) mass is 249 g/mol. The zero-order chi connectivity index (χ0) is 12.1. The van der Waals surface area contributed by atoms with E-state index in [1.807, 2.05) is 12.1 Å². The average molecular weight is 250 g/mol. The van der Waals surface area contributed by atoms with Crippen LogP contribution < -0.4 is 5.32 Å². The first-order valence-electron chi connectivity index (χ1n) is 6.44. The van der Waals surface area contributed by atoms with Gasteiger partial charge >= 0.3 is 0 Å². The van der Waals surface area contributed by atoms with Gasteiger partial charge in [0.2, 0.25) is 0 Å². The topological polar surface area (TPSA) is 12.0 Å². The summed E-state index contributed by atoms with van der Waals surface area (Å²) in [6, 6.07) is 8.25. The van der Waals surface area contributed by atoms with E-state index in [4.69, 9.17) is 11.6 Å². The van der Waals surface area contributed by atoms with E-state index in [0.29, 0.717) is 0 Å². The van der Waals surface area contributed by atoms with E-state index in [-0.39, 0.29) is 0 Å². The Morgan fingerprint density at radius 3 is 2.65 bits per heavy atom. The Labute approximate surface area is 109 Å². The summed E-state index contributed by atoms with van der Waals surface area (Å²) >= 11 is 5.91. The van der Waals surface area contributed by atoms with Gasteiger partial charge in [-0.25, -0.2) is 0 Å². The van der Waals surface area contributed by atoms with Crippen molar-refractivity contribution in [2.75, 3.05) is 13.1 Å². The van der Waals surface area contributed by atoms with Crippen LogP contribution >= 0.6 is 11.6 Å². The standard InChI is InChI=1S/C15H20ClN/c1-2-3-14-11-17-9-8-13(14)10-12-4-6-15(16)7-5-12/h4-7,17H,2-3,8-11H2,1H3. The molecule has 1 nitrogen and oxygen atoms in total. The lowest BCUT2D eigenvalue weighted by atomic mass is 9.92. The molecule has 0 bridgehead atoms. The summed E-state index contributed by atoms with van der Waals surface area (Å²) < 4.78 is 0. The van der Waals surface area contributed by atoms with E-state index >= 15 is 0 Å². The molecule has 0 fully saturated rings. The fraction of sp³-hybridized carbons (Fsp3) is 0.467. The van der Waals surface area contributed by atoms with E-state index in [1.54, 1.807) is 11.1 Å². The maximum absolute atomic E-state index is 5.91. The van der Waals surface area contributed by atoms with Crippen LogP contribution in [0.2, 0.25) is 5.02 Å². The van der Waals surface area contributed by atoms with Crippen molar-refractivity contribution in [1.29, 1.82) is 0 Å². The highest BCUT2D eigenvalue weighted by atomic mass is 35.5. The quantitative estimate of drug-likeness (QED) is 0.797. The van der Waals surface area contributed by atoms with Gasteiger partial charge in [-0.1, -0.05) is 48.2 Å². The molecular formula is C15H20ClN. The largest absolute Gasteiger partial charge is 0.313 e. The molecule has 0 unspecified atom stereocenters. The summed E-state index contributed by atoms with van der Waals surface area (Å²) in [7, 11) is 0. The second kappa shape index (κ2) is 6.23. The average Bonchev–Trinajstić information content (AvgIpc) is 2.35. The molecule has 2 rings (SSSR count). The van der Waals surface area contributed by atoms with Crippen molar-refractivity contribution in [3.8, 4) is 0 Å². The lowest BCUT2D eigenvalue weighted by Gasteiger charge is -2.21. The van der Waals surface area contributed by atoms with Gasteiger partial charge in [-0.05, 0) is 43.5 Å². The maximum atomic E-state index is 5.91. The minimum Gasteiger partial charge on any atom is -0.313 e. The van der Waals surface area contributed by atoms with Crippen molar-refractivity contribution in [3.63, 3.8) is 0 Å². The van der Waals surface area contributed by atoms with Crippen LogP contribution in [0.25, 0.3) is 0 Å². The van der Waals surface area contributed by atoms with Crippen molar-refractivity contribution in [3.05, 3.63) is 46.0 Å². The lowest BCUT2D eigenvalue weighted by Crippen LogP contribution is -2.25. The molecular weight excluding hydrogens is 230 g/mol. The highest BCUT2D eigenvalue weighted by Gasteiger charge is 2.11. The minimum absolute atomic E-state index is 0.821. The summed E-state index contributed by atoms with van der Waals surface area (Å²) in [4.78, 5) is 0. The maximum Gasteiger partial charge on any atom is 0.0406 e. The van der Waals surface area contributed by atoms with Crippen molar-refractivity contribution in [2.45, 2.75) is 32.6 Å². The first-order valence-corrected chi connectivity index (χ1v) is 6.82. The van der Waals surface area contributed by atoms with E-state index in [1.165, 1.54) is 24.8 Å². The van der Waals surface area contributed by atoms with E-state index in [2.05, 4.69) is 24.4 Å². The zero-order valence-electron chi connectivity index (χ0n) is 10.4. The summed E-state index contributed by atoms with van der Waals surface area (Å²) in [6.07, 6.45) is 4.75. The van der Waals surface area contributed by atoms with Crippen molar-refractivity contribution >= 4 is 11.6 Å². The van der Waals surface area contributed by atoms with Crippen LogP contribution in [0.15, 0.2) is 35.4 Å². The molecule has 0 aromatic heterocycles. The first kappa shape index (κ1) is 12.7. The van der Waals surface area contributed by atoms with Gasteiger partial charge < -0.3 is 5.32 Å². The molecule has 0 saturated heterocycles. The smallest absolute Gasteiger partial charge is 0.0406 e. The number of benzene rings is 1. The van der Waals surface area contributed by atoms with Gasteiger partial charge in [0.1, 0.15) is 0 Å². The van der Waals surface area contributed by atoms with Crippen LogP contribution in [0.5, 0.6) is 0 Å². The highest BCUT2D eigenvalue weighted by molar-refractivity contribution is 6.30. The summed E-state index contributed by atoms with van der Waals surface area (Å²) in [5.74, 6) is 0. The molecule has 0 radical (unpaired) electrons. The van der Waals surface area contributed by atoms with Crippen LogP contribution in [-0.2, 0) is 6.42 Å². The van der Waals surface area contributed by atoms with Gasteiger partial charge in [0.15, 0.2) is 0 Å². The van der Waals surface area contributed by atoms with E-state index < -0.39 is 0 Å². The SMILES string of the molecule is CCCC1=C(Cc2ccc(Cl)cc2)CCNC1. The Kier molecular flexibility index (Phi) is 4.64. The van der Waals surface area contributed by atoms with Gasteiger partial charge in [-0.15, -0.1) is 0 Å². The zero-order valence-corrected chi connectivity index (χ0v) is 11.2. The van der Waals surface area contributed by atoms with Crippen LogP contribution in [0.1, 0.15) is 31.7 Å². The lowest BCUT2D eigenvalue weighted by molar-refractivity contribution is 0.638. The van der Waals surface area contributed by atoms with Crippen LogP contribution in [0.4, 0.5) is 0 Å². The summed E-state index contributed by atoms with van der Waals surface area (Å²) in [5, 5.41) is 4.29. The predicted octanol–water partition coefficient (Wildman–Crippen LogP) is 3.97. The first-order chi connectivity index (χ1) is 8.29. The second-order valence-corrected chi connectivity index (χ2v) is 5.12. The van der Waals surface area contributed by atoms with Gasteiger partial charge in [-0.2, -0.15) is 0 Å². The van der Waals surface area contributed by atoms with Crippen LogP contribution in [-0.4, -0.2) is 13.1 Å². The molecule has 1 aromatic carbocycles. The normalized spacial score (nSPS) is 16.4. The molecule has 0 atom stereocenters. The fourth-order valence-electron chi connectivity index (χ4n) is 2.41. The minimum atomic E-state index is 0.821. The Bertz CT molecular complexity index is 392.